The highest BCUT2D eigenvalue weighted by Crippen LogP contribution is 2.61. The topological polar surface area (TPSA) is 43.4 Å². The molecule has 0 heterocycles. The van der Waals surface area contributed by atoms with Gasteiger partial charge in [0, 0.05) is 0 Å². The van der Waals surface area contributed by atoms with Gasteiger partial charge in [0.05, 0.1) is 13.5 Å². The Morgan fingerprint density at radius 1 is 1.33 bits per heavy atom. The first-order chi connectivity index (χ1) is 11.2. The van der Waals surface area contributed by atoms with Gasteiger partial charge >= 0.3 is 5.97 Å². The van der Waals surface area contributed by atoms with Crippen LogP contribution in [0.15, 0.2) is 23.8 Å². The van der Waals surface area contributed by atoms with Gasteiger partial charge in [-0.1, -0.05) is 45.4 Å². The summed E-state index contributed by atoms with van der Waals surface area (Å²) in [4.78, 5) is 22.7. The van der Waals surface area contributed by atoms with E-state index in [1.54, 1.807) is 0 Å². The summed E-state index contributed by atoms with van der Waals surface area (Å²) in [6.07, 6.45) is 9.67. The SMILES string of the molecule is C=C1CC[C@H]2C(C)(C)CCC[C@]2(C)[C@H]1CC=C(C=O)CC(=O)OC. The van der Waals surface area contributed by atoms with Crippen molar-refractivity contribution in [2.45, 2.75) is 65.7 Å². The van der Waals surface area contributed by atoms with Gasteiger partial charge in [0.25, 0.3) is 0 Å². The quantitative estimate of drug-likeness (QED) is 0.312. The molecule has 2 fully saturated rings. The first-order valence-corrected chi connectivity index (χ1v) is 9.13. The van der Waals surface area contributed by atoms with Crippen molar-refractivity contribution < 1.29 is 14.3 Å². The number of rotatable bonds is 5. The summed E-state index contributed by atoms with van der Waals surface area (Å²) in [5, 5.41) is 0. The zero-order valence-corrected chi connectivity index (χ0v) is 15.7. The molecule has 2 aliphatic carbocycles. The van der Waals surface area contributed by atoms with E-state index >= 15 is 0 Å². The zero-order valence-electron chi connectivity index (χ0n) is 15.7. The molecule has 0 aliphatic heterocycles. The molecular weight excluding hydrogens is 300 g/mol. The Balaban J connectivity index is 2.22. The molecule has 0 N–H and O–H groups in total. The summed E-state index contributed by atoms with van der Waals surface area (Å²) in [7, 11) is 1.35. The maximum absolute atomic E-state index is 11.4. The minimum absolute atomic E-state index is 0.0603. The number of carbonyl (C=O) groups excluding carboxylic acids is 2. The van der Waals surface area contributed by atoms with E-state index in [1.165, 1.54) is 38.4 Å². The second-order valence-electron chi connectivity index (χ2n) is 8.54. The molecular formula is C21H32O3. The van der Waals surface area contributed by atoms with E-state index < -0.39 is 0 Å². The van der Waals surface area contributed by atoms with Crippen LogP contribution in [0.5, 0.6) is 0 Å². The van der Waals surface area contributed by atoms with Crippen LogP contribution in [0.4, 0.5) is 0 Å². The molecule has 0 saturated heterocycles. The lowest BCUT2D eigenvalue weighted by molar-refractivity contribution is -0.140. The molecule has 134 valence electrons. The van der Waals surface area contributed by atoms with Crippen LogP contribution in [0.3, 0.4) is 0 Å². The van der Waals surface area contributed by atoms with Crippen LogP contribution >= 0.6 is 0 Å². The predicted molar refractivity (Wildman–Crippen MR) is 96.5 cm³/mol. The van der Waals surface area contributed by atoms with Crippen LogP contribution in [0, 0.1) is 22.7 Å². The van der Waals surface area contributed by atoms with Crippen molar-refractivity contribution in [3.63, 3.8) is 0 Å². The number of carbonyl (C=O) groups is 2. The largest absolute Gasteiger partial charge is 0.469 e. The minimum atomic E-state index is -0.362. The van der Waals surface area contributed by atoms with E-state index in [1.807, 2.05) is 6.08 Å². The van der Waals surface area contributed by atoms with Gasteiger partial charge < -0.3 is 4.74 Å². The van der Waals surface area contributed by atoms with Crippen LogP contribution in [0.25, 0.3) is 0 Å². The average Bonchev–Trinajstić information content (AvgIpc) is 2.51. The number of aldehydes is 1. The van der Waals surface area contributed by atoms with E-state index in [-0.39, 0.29) is 17.8 Å². The summed E-state index contributed by atoms with van der Waals surface area (Å²) < 4.78 is 4.67. The molecule has 0 spiro atoms. The molecule has 0 amide bonds. The van der Waals surface area contributed by atoms with E-state index in [0.717, 1.165) is 19.1 Å². The van der Waals surface area contributed by atoms with Gasteiger partial charge in [0.2, 0.25) is 0 Å². The van der Waals surface area contributed by atoms with E-state index in [2.05, 4.69) is 32.1 Å². The Kier molecular flexibility index (Phi) is 5.72. The Morgan fingerprint density at radius 3 is 2.67 bits per heavy atom. The molecule has 2 aliphatic rings. The van der Waals surface area contributed by atoms with Crippen molar-refractivity contribution >= 4 is 12.3 Å². The van der Waals surface area contributed by atoms with E-state index in [9.17, 15) is 9.59 Å². The van der Waals surface area contributed by atoms with Gasteiger partial charge in [0.15, 0.2) is 0 Å². The van der Waals surface area contributed by atoms with Gasteiger partial charge in [0.1, 0.15) is 6.29 Å². The van der Waals surface area contributed by atoms with E-state index in [0.29, 0.717) is 22.8 Å². The fraction of sp³-hybridized carbons (Fsp3) is 0.714. The lowest BCUT2D eigenvalue weighted by atomic mass is 9.47. The Bertz CT molecular complexity index is 543. The summed E-state index contributed by atoms with van der Waals surface area (Å²) in [5.74, 6) is 0.727. The Hall–Kier alpha value is -1.38. The molecule has 0 unspecified atom stereocenters. The normalized spacial score (nSPS) is 32.8. The van der Waals surface area contributed by atoms with Gasteiger partial charge in [-0.2, -0.15) is 0 Å². The lowest BCUT2D eigenvalue weighted by Gasteiger charge is -2.58. The summed E-state index contributed by atoms with van der Waals surface area (Å²) >= 11 is 0. The predicted octanol–water partition coefficient (Wildman–Crippen LogP) is 4.86. The molecule has 3 heteroatoms. The Morgan fingerprint density at radius 2 is 2.04 bits per heavy atom. The molecule has 2 rings (SSSR count). The van der Waals surface area contributed by atoms with Crippen molar-refractivity contribution in [2.75, 3.05) is 7.11 Å². The molecule has 0 aromatic heterocycles. The molecule has 2 saturated carbocycles. The molecule has 24 heavy (non-hydrogen) atoms. The number of allylic oxidation sites excluding steroid dienone is 2. The second kappa shape index (κ2) is 7.25. The van der Waals surface area contributed by atoms with Crippen LogP contribution in [0.2, 0.25) is 0 Å². The first kappa shape index (κ1) is 19.0. The molecule has 3 atom stereocenters. The maximum Gasteiger partial charge on any atom is 0.310 e. The van der Waals surface area contributed by atoms with Gasteiger partial charge in [-0.05, 0) is 60.3 Å². The second-order valence-corrected chi connectivity index (χ2v) is 8.54. The number of methoxy groups -OCH3 is 1. The number of hydrogen-bond acceptors (Lipinski definition) is 3. The minimum Gasteiger partial charge on any atom is -0.469 e. The fourth-order valence-electron chi connectivity index (χ4n) is 5.38. The van der Waals surface area contributed by atoms with Crippen LogP contribution in [-0.4, -0.2) is 19.4 Å². The third kappa shape index (κ3) is 3.65. The van der Waals surface area contributed by atoms with Crippen LogP contribution < -0.4 is 0 Å². The van der Waals surface area contributed by atoms with Crippen molar-refractivity contribution in [3.8, 4) is 0 Å². The number of ether oxygens (including phenoxy) is 1. The van der Waals surface area contributed by atoms with Crippen molar-refractivity contribution in [2.24, 2.45) is 22.7 Å². The van der Waals surface area contributed by atoms with Gasteiger partial charge in [-0.3, -0.25) is 9.59 Å². The van der Waals surface area contributed by atoms with Gasteiger partial charge in [-0.25, -0.2) is 0 Å². The standard InChI is InChI=1S/C21H32O3/c1-15-7-10-18-20(2,3)11-6-12-21(18,4)17(15)9-8-16(14-22)13-19(23)24-5/h8,14,17-18H,1,6-7,9-13H2,2-5H3/t17-,18-,21+/m0/s1. The van der Waals surface area contributed by atoms with Gasteiger partial charge in [-0.15, -0.1) is 0 Å². The zero-order chi connectivity index (χ0) is 18.0. The highest BCUT2D eigenvalue weighted by Gasteiger charge is 2.52. The average molecular weight is 332 g/mol. The monoisotopic (exact) mass is 332 g/mol. The van der Waals surface area contributed by atoms with Crippen molar-refractivity contribution in [1.82, 2.24) is 0 Å². The number of hydrogen-bond donors (Lipinski definition) is 0. The van der Waals surface area contributed by atoms with E-state index in [4.69, 9.17) is 0 Å². The first-order valence-electron chi connectivity index (χ1n) is 9.13. The third-order valence-electron chi connectivity index (χ3n) is 6.66. The van der Waals surface area contributed by atoms with Crippen LogP contribution in [0.1, 0.15) is 65.7 Å². The molecule has 0 bridgehead atoms. The molecule has 0 radical (unpaired) electrons. The number of esters is 1. The summed E-state index contributed by atoms with van der Waals surface area (Å²) in [6.45, 7) is 11.6. The van der Waals surface area contributed by atoms with Crippen molar-refractivity contribution in [1.29, 1.82) is 0 Å². The molecule has 0 aromatic rings. The highest BCUT2D eigenvalue weighted by atomic mass is 16.5. The van der Waals surface area contributed by atoms with Crippen LogP contribution in [-0.2, 0) is 14.3 Å². The molecule has 3 nitrogen and oxygen atoms in total. The summed E-state index contributed by atoms with van der Waals surface area (Å²) in [5.41, 5.74) is 2.45. The Labute approximate surface area is 146 Å². The summed E-state index contributed by atoms with van der Waals surface area (Å²) in [6, 6.07) is 0. The fourth-order valence-corrected chi connectivity index (χ4v) is 5.38. The third-order valence-corrected chi connectivity index (χ3v) is 6.66. The van der Waals surface area contributed by atoms with Crippen molar-refractivity contribution in [3.05, 3.63) is 23.8 Å². The molecule has 0 aromatic carbocycles. The smallest absolute Gasteiger partial charge is 0.310 e. The maximum atomic E-state index is 11.4. The lowest BCUT2D eigenvalue weighted by Crippen LogP contribution is -2.49. The highest BCUT2D eigenvalue weighted by molar-refractivity contribution is 5.84. The number of fused-ring (bicyclic) bond motifs is 1.